The number of rotatable bonds is 11. The Hall–Kier alpha value is -5.00. The molecule has 0 bridgehead atoms. The third kappa shape index (κ3) is 6.76. The number of amides is 1. The van der Waals surface area contributed by atoms with E-state index in [9.17, 15) is 25.0 Å². The molecule has 0 spiro atoms. The predicted octanol–water partition coefficient (Wildman–Crippen LogP) is 4.56. The van der Waals surface area contributed by atoms with Crippen LogP contribution in [-0.2, 0) is 4.79 Å². The number of para-hydroxylation sites is 1. The number of nitrogens with one attached hydrogen (secondary N) is 2. The van der Waals surface area contributed by atoms with Crippen molar-refractivity contribution in [1.29, 1.82) is 0 Å². The van der Waals surface area contributed by atoms with Crippen LogP contribution in [0.4, 0.5) is 17.1 Å². The number of nitro benzene ring substituents is 2. The summed E-state index contributed by atoms with van der Waals surface area (Å²) in [6.45, 7) is 4.00. The van der Waals surface area contributed by atoms with Crippen LogP contribution in [0.15, 0.2) is 65.8 Å². The lowest BCUT2D eigenvalue weighted by Gasteiger charge is -2.12. The van der Waals surface area contributed by atoms with E-state index in [1.807, 2.05) is 31.2 Å². The van der Waals surface area contributed by atoms with E-state index in [4.69, 9.17) is 9.47 Å². The van der Waals surface area contributed by atoms with Crippen LogP contribution < -0.4 is 20.2 Å². The predicted molar refractivity (Wildman–Crippen MR) is 133 cm³/mol. The second-order valence-corrected chi connectivity index (χ2v) is 7.37. The van der Waals surface area contributed by atoms with Crippen LogP contribution in [0.5, 0.6) is 17.2 Å². The molecule has 3 rings (SSSR count). The molecule has 0 heterocycles. The number of carbonyl (C=O) groups excluding carboxylic acids is 1. The van der Waals surface area contributed by atoms with E-state index in [1.54, 1.807) is 19.1 Å². The first-order valence-electron chi connectivity index (χ1n) is 10.8. The van der Waals surface area contributed by atoms with Gasteiger partial charge >= 0.3 is 5.69 Å². The highest BCUT2D eigenvalue weighted by Crippen LogP contribution is 2.38. The quantitative estimate of drug-likeness (QED) is 0.223. The normalized spacial score (nSPS) is 10.6. The fourth-order valence-corrected chi connectivity index (χ4v) is 3.09. The zero-order chi connectivity index (χ0) is 26.1. The van der Waals surface area contributed by atoms with Crippen molar-refractivity contribution in [3.8, 4) is 17.2 Å². The number of hydrogen-bond donors (Lipinski definition) is 2. The highest BCUT2D eigenvalue weighted by atomic mass is 16.6. The maximum absolute atomic E-state index is 12.1. The highest BCUT2D eigenvalue weighted by Gasteiger charge is 2.22. The molecule has 3 aromatic carbocycles. The van der Waals surface area contributed by atoms with Gasteiger partial charge in [-0.3, -0.25) is 25.0 Å². The molecular weight excluding hydrogens is 470 g/mol. The number of aryl methyl sites for hydroxylation is 1. The number of anilines is 1. The van der Waals surface area contributed by atoms with E-state index in [0.29, 0.717) is 5.56 Å². The van der Waals surface area contributed by atoms with Crippen molar-refractivity contribution in [2.24, 2.45) is 5.10 Å². The molecule has 0 aliphatic heterocycles. The largest absolute Gasteiger partial charge is 0.490 e. The van der Waals surface area contributed by atoms with Crippen molar-refractivity contribution >= 4 is 29.2 Å². The standard InChI is InChI=1S/C24H23N5O7/c1-3-35-23-12-17(14-26-27-24(30)15-25-19-7-5-4-6-16(19)2)8-10-22(23)36-21-11-9-18(28(31)32)13-20(21)29(33)34/h4-14,25H,3,15H2,1-2H3,(H,27,30)/b26-14+. The molecule has 36 heavy (non-hydrogen) atoms. The maximum atomic E-state index is 12.1. The second-order valence-electron chi connectivity index (χ2n) is 7.37. The molecule has 0 aromatic heterocycles. The van der Waals surface area contributed by atoms with Gasteiger partial charge in [0.15, 0.2) is 11.5 Å². The van der Waals surface area contributed by atoms with Gasteiger partial charge in [-0.15, -0.1) is 0 Å². The van der Waals surface area contributed by atoms with E-state index < -0.39 is 21.2 Å². The van der Waals surface area contributed by atoms with E-state index in [1.165, 1.54) is 12.3 Å². The molecule has 1 amide bonds. The number of ether oxygens (including phenoxy) is 2. The lowest BCUT2D eigenvalue weighted by molar-refractivity contribution is -0.394. The Bertz CT molecular complexity index is 1310. The fraction of sp³-hybridized carbons (Fsp3) is 0.167. The number of nitrogens with zero attached hydrogens (tertiary/aromatic N) is 3. The molecule has 186 valence electrons. The molecule has 0 aliphatic rings. The smallest absolute Gasteiger partial charge is 0.318 e. The van der Waals surface area contributed by atoms with Gasteiger partial charge in [-0.05, 0) is 55.3 Å². The van der Waals surface area contributed by atoms with Gasteiger partial charge in [0, 0.05) is 11.8 Å². The first kappa shape index (κ1) is 25.6. The maximum Gasteiger partial charge on any atom is 0.318 e. The fourth-order valence-electron chi connectivity index (χ4n) is 3.09. The first-order valence-corrected chi connectivity index (χ1v) is 10.8. The van der Waals surface area contributed by atoms with Crippen molar-refractivity contribution in [3.05, 3.63) is 92.0 Å². The molecule has 0 unspecified atom stereocenters. The van der Waals surface area contributed by atoms with Crippen LogP contribution in [0.1, 0.15) is 18.1 Å². The summed E-state index contributed by atoms with van der Waals surface area (Å²) >= 11 is 0. The van der Waals surface area contributed by atoms with Crippen LogP contribution in [0.3, 0.4) is 0 Å². The van der Waals surface area contributed by atoms with Crippen molar-refractivity contribution in [1.82, 2.24) is 5.43 Å². The number of benzene rings is 3. The summed E-state index contributed by atoms with van der Waals surface area (Å²) in [5.74, 6) is -0.0922. The zero-order valence-corrected chi connectivity index (χ0v) is 19.5. The third-order valence-electron chi connectivity index (χ3n) is 4.82. The van der Waals surface area contributed by atoms with Gasteiger partial charge in [0.25, 0.3) is 11.6 Å². The summed E-state index contributed by atoms with van der Waals surface area (Å²) in [4.78, 5) is 32.9. The number of hydrazone groups is 1. The van der Waals surface area contributed by atoms with Gasteiger partial charge in [0.1, 0.15) is 0 Å². The van der Waals surface area contributed by atoms with Crippen LogP contribution in [0.25, 0.3) is 0 Å². The van der Waals surface area contributed by atoms with E-state index >= 15 is 0 Å². The minimum absolute atomic E-state index is 0.0349. The molecule has 2 N–H and O–H groups in total. The van der Waals surface area contributed by atoms with Crippen molar-refractivity contribution in [3.63, 3.8) is 0 Å². The van der Waals surface area contributed by atoms with Crippen molar-refractivity contribution < 1.29 is 24.1 Å². The molecule has 0 atom stereocenters. The molecule has 0 aliphatic carbocycles. The van der Waals surface area contributed by atoms with Gasteiger partial charge in [-0.2, -0.15) is 5.10 Å². The Morgan fingerprint density at radius 2 is 1.75 bits per heavy atom. The minimum Gasteiger partial charge on any atom is -0.490 e. The highest BCUT2D eigenvalue weighted by molar-refractivity contribution is 5.85. The molecule has 0 fully saturated rings. The van der Waals surface area contributed by atoms with Gasteiger partial charge in [-0.25, -0.2) is 5.43 Å². The Morgan fingerprint density at radius 1 is 1.00 bits per heavy atom. The van der Waals surface area contributed by atoms with Crippen molar-refractivity contribution in [2.75, 3.05) is 18.5 Å². The van der Waals surface area contributed by atoms with Gasteiger partial charge in [0.2, 0.25) is 5.75 Å². The molecule has 0 radical (unpaired) electrons. The summed E-state index contributed by atoms with van der Waals surface area (Å²) in [5.41, 5.74) is 3.87. The Balaban J connectivity index is 1.70. The lowest BCUT2D eigenvalue weighted by atomic mass is 10.2. The minimum atomic E-state index is -0.764. The second kappa shape index (κ2) is 11.9. The lowest BCUT2D eigenvalue weighted by Crippen LogP contribution is -2.26. The number of carbonyl (C=O) groups is 1. The third-order valence-corrected chi connectivity index (χ3v) is 4.82. The monoisotopic (exact) mass is 493 g/mol. The van der Waals surface area contributed by atoms with Crippen LogP contribution in [0.2, 0.25) is 0 Å². The van der Waals surface area contributed by atoms with E-state index in [2.05, 4.69) is 15.8 Å². The Labute approximate surface area is 205 Å². The zero-order valence-electron chi connectivity index (χ0n) is 19.5. The molecule has 12 nitrogen and oxygen atoms in total. The molecule has 12 heteroatoms. The number of nitro groups is 2. The average molecular weight is 493 g/mol. The number of non-ortho nitro benzene ring substituents is 1. The summed E-state index contributed by atoms with van der Waals surface area (Å²) in [6, 6.07) is 15.4. The summed E-state index contributed by atoms with van der Waals surface area (Å²) < 4.78 is 11.2. The number of hydrogen-bond acceptors (Lipinski definition) is 9. The van der Waals surface area contributed by atoms with Crippen LogP contribution in [-0.4, -0.2) is 35.1 Å². The molecular formula is C24H23N5O7. The molecule has 0 saturated heterocycles. The Morgan fingerprint density at radius 3 is 2.44 bits per heavy atom. The van der Waals surface area contributed by atoms with Crippen LogP contribution in [0, 0.1) is 27.2 Å². The summed E-state index contributed by atoms with van der Waals surface area (Å²) in [5, 5.41) is 29.3. The van der Waals surface area contributed by atoms with Gasteiger partial charge in [0.05, 0.1) is 35.3 Å². The van der Waals surface area contributed by atoms with Crippen LogP contribution >= 0.6 is 0 Å². The van der Waals surface area contributed by atoms with Crippen molar-refractivity contribution in [2.45, 2.75) is 13.8 Å². The van der Waals surface area contributed by atoms with Gasteiger partial charge < -0.3 is 14.8 Å². The topological polar surface area (TPSA) is 158 Å². The SMILES string of the molecule is CCOc1cc(/C=N/NC(=O)CNc2ccccc2C)ccc1Oc1ccc([N+](=O)[O-])cc1[N+](=O)[O-]. The van der Waals surface area contributed by atoms with E-state index in [0.717, 1.165) is 29.4 Å². The molecule has 0 saturated carbocycles. The average Bonchev–Trinajstić information content (AvgIpc) is 2.85. The first-order chi connectivity index (χ1) is 17.3. The summed E-state index contributed by atoms with van der Waals surface area (Å²) in [7, 11) is 0. The molecule has 3 aromatic rings. The van der Waals surface area contributed by atoms with Gasteiger partial charge in [-0.1, -0.05) is 18.2 Å². The summed E-state index contributed by atoms with van der Waals surface area (Å²) in [6.07, 6.45) is 1.41. The van der Waals surface area contributed by atoms with E-state index in [-0.39, 0.29) is 36.3 Å². The Kier molecular flexibility index (Phi) is 8.49.